The number of hydrogen-bond acceptors (Lipinski definition) is 2. The molecule has 4 nitrogen and oxygen atoms in total. The Balaban J connectivity index is 2.13. The van der Waals surface area contributed by atoms with Crippen LogP contribution in [0.2, 0.25) is 0 Å². The van der Waals surface area contributed by atoms with Gasteiger partial charge in [-0.15, -0.1) is 0 Å². The number of rotatable bonds is 4. The number of carbonyl (C=O) groups is 2. The predicted octanol–water partition coefficient (Wildman–Crippen LogP) is 3.18. The van der Waals surface area contributed by atoms with Gasteiger partial charge in [-0.1, -0.05) is 35.9 Å². The summed E-state index contributed by atoms with van der Waals surface area (Å²) in [7, 11) is 0. The molecule has 21 heavy (non-hydrogen) atoms. The number of aryl methyl sites for hydroxylation is 1. The molecule has 0 aromatic heterocycles. The minimum Gasteiger partial charge on any atom is -0.478 e. The normalized spacial score (nSPS) is 10.2. The quantitative estimate of drug-likeness (QED) is 0.905. The maximum atomic E-state index is 12.1. The Labute approximate surface area is 123 Å². The first-order chi connectivity index (χ1) is 9.97. The highest BCUT2D eigenvalue weighted by molar-refractivity contribution is 5.96. The van der Waals surface area contributed by atoms with Gasteiger partial charge in [-0.3, -0.25) is 4.79 Å². The third-order valence-corrected chi connectivity index (χ3v) is 3.29. The Hall–Kier alpha value is -2.62. The monoisotopic (exact) mass is 283 g/mol. The van der Waals surface area contributed by atoms with Crippen LogP contribution >= 0.6 is 0 Å². The molecule has 0 atom stereocenters. The number of carbonyl (C=O) groups excluding carboxylic acids is 1. The van der Waals surface area contributed by atoms with Crippen LogP contribution in [0, 0.1) is 13.8 Å². The van der Waals surface area contributed by atoms with E-state index < -0.39 is 5.97 Å². The van der Waals surface area contributed by atoms with Crippen molar-refractivity contribution in [1.82, 2.24) is 0 Å². The maximum absolute atomic E-state index is 12.1. The lowest BCUT2D eigenvalue weighted by Crippen LogP contribution is -2.16. The number of aromatic carboxylic acids is 1. The van der Waals surface area contributed by atoms with E-state index >= 15 is 0 Å². The molecule has 0 unspecified atom stereocenters. The zero-order valence-corrected chi connectivity index (χ0v) is 12.0. The molecule has 0 spiro atoms. The van der Waals surface area contributed by atoms with Crippen molar-refractivity contribution in [3.63, 3.8) is 0 Å². The van der Waals surface area contributed by atoms with Crippen molar-refractivity contribution in [3.8, 4) is 0 Å². The van der Waals surface area contributed by atoms with E-state index in [4.69, 9.17) is 5.11 Å². The summed E-state index contributed by atoms with van der Waals surface area (Å²) in [6.45, 7) is 3.66. The molecule has 0 aliphatic heterocycles. The van der Waals surface area contributed by atoms with Crippen molar-refractivity contribution in [2.75, 3.05) is 5.32 Å². The van der Waals surface area contributed by atoms with E-state index in [9.17, 15) is 9.59 Å². The molecular weight excluding hydrogens is 266 g/mol. The Morgan fingerprint density at radius 2 is 1.81 bits per heavy atom. The number of carboxylic acids is 1. The highest BCUT2D eigenvalue weighted by Crippen LogP contribution is 2.19. The average molecular weight is 283 g/mol. The lowest BCUT2D eigenvalue weighted by Gasteiger charge is -2.10. The Morgan fingerprint density at radius 3 is 2.48 bits per heavy atom. The molecule has 0 heterocycles. The number of hydrogen-bond donors (Lipinski definition) is 2. The van der Waals surface area contributed by atoms with Crippen LogP contribution in [0.5, 0.6) is 0 Å². The average Bonchev–Trinajstić information content (AvgIpc) is 2.40. The van der Waals surface area contributed by atoms with Gasteiger partial charge in [0.25, 0.3) is 0 Å². The van der Waals surface area contributed by atoms with Gasteiger partial charge in [0, 0.05) is 5.69 Å². The standard InChI is InChI=1S/C17H17NO3/c1-11-5-3-6-13(9-11)10-16(19)18-15-8-4-7-14(12(15)2)17(20)21/h3-9H,10H2,1-2H3,(H,18,19)(H,20,21). The molecule has 0 saturated heterocycles. The van der Waals surface area contributed by atoms with Crippen molar-refractivity contribution in [3.05, 3.63) is 64.7 Å². The highest BCUT2D eigenvalue weighted by atomic mass is 16.4. The van der Waals surface area contributed by atoms with Gasteiger partial charge in [0.05, 0.1) is 12.0 Å². The zero-order valence-electron chi connectivity index (χ0n) is 12.0. The number of carboxylic acid groups (broad SMARTS) is 1. The van der Waals surface area contributed by atoms with Crippen molar-refractivity contribution < 1.29 is 14.7 Å². The van der Waals surface area contributed by atoms with Gasteiger partial charge in [0.1, 0.15) is 0 Å². The van der Waals surface area contributed by atoms with Crippen LogP contribution in [-0.4, -0.2) is 17.0 Å². The topological polar surface area (TPSA) is 66.4 Å². The predicted molar refractivity (Wildman–Crippen MR) is 81.7 cm³/mol. The smallest absolute Gasteiger partial charge is 0.336 e. The van der Waals surface area contributed by atoms with Gasteiger partial charge in [-0.25, -0.2) is 4.79 Å². The molecule has 2 aromatic rings. The summed E-state index contributed by atoms with van der Waals surface area (Å²) in [6, 6.07) is 12.6. The van der Waals surface area contributed by atoms with Gasteiger partial charge in [0.15, 0.2) is 0 Å². The van der Waals surface area contributed by atoms with Crippen molar-refractivity contribution in [1.29, 1.82) is 0 Å². The number of anilines is 1. The summed E-state index contributed by atoms with van der Waals surface area (Å²) in [6.07, 6.45) is 0.262. The molecule has 0 saturated carbocycles. The van der Waals surface area contributed by atoms with E-state index in [-0.39, 0.29) is 17.9 Å². The van der Waals surface area contributed by atoms with Crippen LogP contribution < -0.4 is 5.32 Å². The fourth-order valence-electron chi connectivity index (χ4n) is 2.20. The lowest BCUT2D eigenvalue weighted by molar-refractivity contribution is -0.115. The van der Waals surface area contributed by atoms with Crippen molar-refractivity contribution in [2.24, 2.45) is 0 Å². The van der Waals surface area contributed by atoms with Crippen molar-refractivity contribution >= 4 is 17.6 Å². The van der Waals surface area contributed by atoms with E-state index in [1.807, 2.05) is 31.2 Å². The first-order valence-corrected chi connectivity index (χ1v) is 6.65. The van der Waals surface area contributed by atoms with Crippen LogP contribution in [-0.2, 0) is 11.2 Å². The van der Waals surface area contributed by atoms with Gasteiger partial charge in [-0.2, -0.15) is 0 Å². The first kappa shape index (κ1) is 14.8. The summed E-state index contributed by atoms with van der Waals surface area (Å²) >= 11 is 0. The minimum absolute atomic E-state index is 0.161. The first-order valence-electron chi connectivity index (χ1n) is 6.65. The largest absolute Gasteiger partial charge is 0.478 e. The van der Waals surface area contributed by atoms with Crippen LogP contribution in [0.3, 0.4) is 0 Å². The summed E-state index contributed by atoms with van der Waals surface area (Å²) in [5, 5.41) is 11.8. The molecule has 2 N–H and O–H groups in total. The van der Waals surface area contributed by atoms with E-state index in [1.54, 1.807) is 19.1 Å². The van der Waals surface area contributed by atoms with E-state index in [0.29, 0.717) is 11.3 Å². The second-order valence-corrected chi connectivity index (χ2v) is 5.00. The van der Waals surface area contributed by atoms with E-state index in [2.05, 4.69) is 5.32 Å². The number of benzene rings is 2. The van der Waals surface area contributed by atoms with Gasteiger partial charge in [0.2, 0.25) is 5.91 Å². The van der Waals surface area contributed by atoms with E-state index in [1.165, 1.54) is 6.07 Å². The molecule has 0 bridgehead atoms. The fraction of sp³-hybridized carbons (Fsp3) is 0.176. The van der Waals surface area contributed by atoms with Gasteiger partial charge in [-0.05, 0) is 37.1 Å². The molecule has 0 radical (unpaired) electrons. The second kappa shape index (κ2) is 6.22. The number of nitrogens with one attached hydrogen (secondary N) is 1. The molecule has 4 heteroatoms. The third-order valence-electron chi connectivity index (χ3n) is 3.29. The Morgan fingerprint density at radius 1 is 1.10 bits per heavy atom. The summed E-state index contributed by atoms with van der Waals surface area (Å²) in [5.41, 5.74) is 3.32. The second-order valence-electron chi connectivity index (χ2n) is 5.00. The fourth-order valence-corrected chi connectivity index (χ4v) is 2.20. The summed E-state index contributed by atoms with van der Waals surface area (Å²) in [5.74, 6) is -1.16. The van der Waals surface area contributed by atoms with Crippen LogP contribution in [0.1, 0.15) is 27.0 Å². The molecule has 1 amide bonds. The highest BCUT2D eigenvalue weighted by Gasteiger charge is 2.12. The molecule has 108 valence electrons. The van der Waals surface area contributed by atoms with Gasteiger partial charge >= 0.3 is 5.97 Å². The Bertz CT molecular complexity index is 692. The van der Waals surface area contributed by atoms with Crippen LogP contribution in [0.25, 0.3) is 0 Å². The maximum Gasteiger partial charge on any atom is 0.336 e. The van der Waals surface area contributed by atoms with Crippen LogP contribution in [0.4, 0.5) is 5.69 Å². The molecule has 0 aliphatic rings. The van der Waals surface area contributed by atoms with E-state index in [0.717, 1.165) is 11.1 Å². The van der Waals surface area contributed by atoms with Gasteiger partial charge < -0.3 is 10.4 Å². The van der Waals surface area contributed by atoms with Crippen molar-refractivity contribution in [2.45, 2.75) is 20.3 Å². The summed E-state index contributed by atoms with van der Waals surface area (Å²) in [4.78, 5) is 23.1. The molecule has 0 fully saturated rings. The van der Waals surface area contributed by atoms with Crippen LogP contribution in [0.15, 0.2) is 42.5 Å². The molecule has 2 aromatic carbocycles. The third kappa shape index (κ3) is 3.69. The Kier molecular flexibility index (Phi) is 4.38. The SMILES string of the molecule is Cc1cccc(CC(=O)Nc2cccc(C(=O)O)c2C)c1. The molecule has 0 aliphatic carbocycles. The lowest BCUT2D eigenvalue weighted by atomic mass is 10.1. The summed E-state index contributed by atoms with van der Waals surface area (Å²) < 4.78 is 0. The zero-order chi connectivity index (χ0) is 15.4. The molecular formula is C17H17NO3. The number of amides is 1. The molecule has 2 rings (SSSR count). The minimum atomic E-state index is -0.998.